The topological polar surface area (TPSA) is 24.7 Å². The van der Waals surface area contributed by atoms with Crippen molar-refractivity contribution in [3.05, 3.63) is 0 Å². The molecule has 0 aliphatic heterocycles. The molecule has 0 bridgehead atoms. The zero-order valence-corrected chi connectivity index (χ0v) is 6.36. The average molecular weight is 147 g/mol. The van der Waals surface area contributed by atoms with Crippen molar-refractivity contribution in [1.82, 2.24) is 0 Å². The Bertz CT molecular complexity index is 110. The molecule has 3 heteroatoms. The number of hydrogen-bond donors (Lipinski definition) is 0. The van der Waals surface area contributed by atoms with Crippen LogP contribution in [0.2, 0.25) is 0 Å². The van der Waals surface area contributed by atoms with Gasteiger partial charge in [-0.1, -0.05) is 13.3 Å². The Kier molecular flexibility index (Phi) is 5.52. The smallest absolute Gasteiger partial charge is 0.217 e. The minimum Gasteiger partial charge on any atom is -0.256 e. The first-order valence-electron chi connectivity index (χ1n) is 2.98. The van der Waals surface area contributed by atoms with E-state index in [0.717, 1.165) is 19.4 Å². The molecule has 0 radical (unpaired) electrons. The van der Waals surface area contributed by atoms with Gasteiger partial charge in [0.2, 0.25) is 5.29 Å². The van der Waals surface area contributed by atoms with Crippen molar-refractivity contribution in [3.63, 3.8) is 0 Å². The van der Waals surface area contributed by atoms with Crippen LogP contribution in [0.25, 0.3) is 0 Å². The van der Waals surface area contributed by atoms with Crippen LogP contribution < -0.4 is 0 Å². The first-order valence-corrected chi connectivity index (χ1v) is 3.35. The van der Waals surface area contributed by atoms with Gasteiger partial charge in [-0.05, 0) is 24.7 Å². The lowest BCUT2D eigenvalue weighted by molar-refractivity contribution is 0.809. The van der Waals surface area contributed by atoms with Crippen LogP contribution in [0.5, 0.6) is 0 Å². The fraction of sp³-hybridized carbons (Fsp3) is 0.667. The summed E-state index contributed by atoms with van der Waals surface area (Å²) in [6.07, 6.45) is 2.19. The number of rotatable bonds is 3. The number of unbranched alkanes of at least 4 members (excludes halogenated alkanes) is 1. The Hall–Kier alpha value is -0.370. The van der Waals surface area contributed by atoms with Crippen molar-refractivity contribution in [1.29, 1.82) is 0 Å². The van der Waals surface area contributed by atoms with Crippen LogP contribution in [0.15, 0.2) is 9.98 Å². The highest BCUT2D eigenvalue weighted by atomic mass is 35.5. The van der Waals surface area contributed by atoms with Gasteiger partial charge in [0.1, 0.15) is 0 Å². The van der Waals surface area contributed by atoms with Crippen LogP contribution in [0.3, 0.4) is 0 Å². The number of amidine groups is 1. The maximum Gasteiger partial charge on any atom is 0.217 e. The fourth-order valence-corrected chi connectivity index (χ4v) is 0.464. The van der Waals surface area contributed by atoms with E-state index in [0.29, 0.717) is 0 Å². The highest BCUT2D eigenvalue weighted by Crippen LogP contribution is 1.91. The van der Waals surface area contributed by atoms with Gasteiger partial charge in [-0.2, -0.15) is 0 Å². The van der Waals surface area contributed by atoms with Gasteiger partial charge >= 0.3 is 0 Å². The molecular formula is C6H11ClN2. The molecule has 0 aromatic heterocycles. The van der Waals surface area contributed by atoms with E-state index in [2.05, 4.69) is 23.6 Å². The third kappa shape index (κ3) is 5.50. The summed E-state index contributed by atoms with van der Waals surface area (Å²) in [5, 5.41) is 0.267. The van der Waals surface area contributed by atoms with Crippen LogP contribution in [-0.2, 0) is 0 Å². The molecule has 0 heterocycles. The van der Waals surface area contributed by atoms with E-state index >= 15 is 0 Å². The summed E-state index contributed by atoms with van der Waals surface area (Å²) in [6, 6.07) is 0. The molecule has 0 rings (SSSR count). The zero-order valence-electron chi connectivity index (χ0n) is 5.60. The van der Waals surface area contributed by atoms with Gasteiger partial charge in [0.25, 0.3) is 0 Å². The van der Waals surface area contributed by atoms with E-state index in [1.807, 2.05) is 0 Å². The van der Waals surface area contributed by atoms with Crippen molar-refractivity contribution in [2.45, 2.75) is 19.8 Å². The molecule has 0 aromatic rings. The average Bonchev–Trinajstić information content (AvgIpc) is 1.89. The minimum absolute atomic E-state index is 0.267. The maximum atomic E-state index is 5.42. The van der Waals surface area contributed by atoms with E-state index in [1.165, 1.54) is 0 Å². The lowest BCUT2D eigenvalue weighted by atomic mass is 10.3. The van der Waals surface area contributed by atoms with Crippen LogP contribution in [-0.4, -0.2) is 18.6 Å². The first-order chi connectivity index (χ1) is 4.31. The van der Waals surface area contributed by atoms with E-state index in [1.54, 1.807) is 0 Å². The normalized spacial score (nSPS) is 11.6. The molecule has 0 amide bonds. The minimum atomic E-state index is 0.267. The number of aliphatic imine (C=N–C) groups is 2. The van der Waals surface area contributed by atoms with Crippen LogP contribution in [0, 0.1) is 0 Å². The van der Waals surface area contributed by atoms with Gasteiger partial charge in [0.15, 0.2) is 0 Å². The summed E-state index contributed by atoms with van der Waals surface area (Å²) in [6.45, 7) is 6.09. The van der Waals surface area contributed by atoms with Gasteiger partial charge in [0, 0.05) is 6.54 Å². The molecule has 52 valence electrons. The molecule has 0 unspecified atom stereocenters. The van der Waals surface area contributed by atoms with Crippen molar-refractivity contribution >= 4 is 23.6 Å². The molecule has 0 saturated carbocycles. The maximum absolute atomic E-state index is 5.42. The molecule has 0 fully saturated rings. The number of halogens is 1. The Morgan fingerprint density at radius 1 is 1.67 bits per heavy atom. The summed E-state index contributed by atoms with van der Waals surface area (Å²) in [4.78, 5) is 7.31. The summed E-state index contributed by atoms with van der Waals surface area (Å²) >= 11 is 5.42. The van der Waals surface area contributed by atoms with Gasteiger partial charge in [-0.3, -0.25) is 4.99 Å². The summed E-state index contributed by atoms with van der Waals surface area (Å²) in [7, 11) is 0. The molecule has 0 aliphatic rings. The van der Waals surface area contributed by atoms with E-state index in [4.69, 9.17) is 11.6 Å². The first kappa shape index (κ1) is 8.63. The van der Waals surface area contributed by atoms with Crippen molar-refractivity contribution in [2.75, 3.05) is 6.54 Å². The van der Waals surface area contributed by atoms with Crippen molar-refractivity contribution in [3.8, 4) is 0 Å². The van der Waals surface area contributed by atoms with Crippen LogP contribution in [0.1, 0.15) is 19.8 Å². The quantitative estimate of drug-likeness (QED) is 0.252. The summed E-state index contributed by atoms with van der Waals surface area (Å²) in [5.74, 6) is 0. The Morgan fingerprint density at radius 2 is 2.33 bits per heavy atom. The summed E-state index contributed by atoms with van der Waals surface area (Å²) < 4.78 is 0. The Morgan fingerprint density at radius 3 is 2.78 bits per heavy atom. The molecular weight excluding hydrogens is 136 g/mol. The highest BCUT2D eigenvalue weighted by Gasteiger charge is 1.83. The molecule has 9 heavy (non-hydrogen) atoms. The standard InChI is InChI=1S/C6H11ClN2/c1-3-4-5-9-6(7)8-2/h2-5H2,1H3/b9-6-. The fourth-order valence-electron chi connectivity index (χ4n) is 0.379. The Labute approximate surface area is 60.7 Å². The van der Waals surface area contributed by atoms with E-state index in [-0.39, 0.29) is 5.29 Å². The second-order valence-corrected chi connectivity index (χ2v) is 2.00. The summed E-state index contributed by atoms with van der Waals surface area (Å²) in [5.41, 5.74) is 0. The third-order valence-corrected chi connectivity index (χ3v) is 1.12. The van der Waals surface area contributed by atoms with Crippen LogP contribution in [0.4, 0.5) is 0 Å². The largest absolute Gasteiger partial charge is 0.256 e. The van der Waals surface area contributed by atoms with Crippen molar-refractivity contribution < 1.29 is 0 Å². The highest BCUT2D eigenvalue weighted by molar-refractivity contribution is 6.65. The monoisotopic (exact) mass is 146 g/mol. The van der Waals surface area contributed by atoms with Gasteiger partial charge in [0.05, 0.1) is 0 Å². The predicted octanol–water partition coefficient (Wildman–Crippen LogP) is 2.08. The SMILES string of the molecule is C=N/C(Cl)=N\CCCC. The second kappa shape index (κ2) is 5.76. The second-order valence-electron chi connectivity index (χ2n) is 1.66. The molecule has 0 saturated heterocycles. The molecule has 0 aliphatic carbocycles. The molecule has 0 atom stereocenters. The molecule has 2 nitrogen and oxygen atoms in total. The molecule has 0 spiro atoms. The predicted molar refractivity (Wildman–Crippen MR) is 42.6 cm³/mol. The van der Waals surface area contributed by atoms with Crippen molar-refractivity contribution in [2.24, 2.45) is 9.98 Å². The van der Waals surface area contributed by atoms with Crippen LogP contribution >= 0.6 is 11.6 Å². The van der Waals surface area contributed by atoms with Gasteiger partial charge in [-0.15, -0.1) is 0 Å². The van der Waals surface area contributed by atoms with E-state index in [9.17, 15) is 0 Å². The molecule has 0 N–H and O–H groups in total. The van der Waals surface area contributed by atoms with E-state index < -0.39 is 0 Å². The third-order valence-electron chi connectivity index (χ3n) is 0.884. The lowest BCUT2D eigenvalue weighted by Crippen LogP contribution is -1.84. The molecule has 0 aromatic carbocycles. The number of nitrogens with zero attached hydrogens (tertiary/aromatic N) is 2. The Balaban J connectivity index is 3.31. The lowest BCUT2D eigenvalue weighted by Gasteiger charge is -1.88. The van der Waals surface area contributed by atoms with Gasteiger partial charge < -0.3 is 0 Å². The number of hydrogen-bond acceptors (Lipinski definition) is 1. The zero-order chi connectivity index (χ0) is 7.11. The van der Waals surface area contributed by atoms with Gasteiger partial charge in [-0.25, -0.2) is 4.99 Å².